The minimum absolute atomic E-state index is 0.532. The lowest BCUT2D eigenvalue weighted by molar-refractivity contribution is 0.732. The SMILES string of the molecule is CCC1CNc2cc(N=O)c3ccc(C)cc3c21. The van der Waals surface area contributed by atoms with Gasteiger partial charge in [-0.25, -0.2) is 0 Å². The summed E-state index contributed by atoms with van der Waals surface area (Å²) < 4.78 is 0. The number of aryl methyl sites for hydroxylation is 1. The van der Waals surface area contributed by atoms with E-state index in [1.807, 2.05) is 18.2 Å². The molecular formula is C15H16N2O. The van der Waals surface area contributed by atoms with E-state index < -0.39 is 0 Å². The lowest BCUT2D eigenvalue weighted by Gasteiger charge is -2.12. The van der Waals surface area contributed by atoms with E-state index in [1.54, 1.807) is 0 Å². The Morgan fingerprint density at radius 1 is 1.33 bits per heavy atom. The number of benzene rings is 2. The molecule has 0 fully saturated rings. The lowest BCUT2D eigenvalue weighted by atomic mass is 9.91. The largest absolute Gasteiger partial charge is 0.384 e. The Bertz CT molecular complexity index is 634. The van der Waals surface area contributed by atoms with Crippen LogP contribution in [0, 0.1) is 11.8 Å². The molecule has 0 spiro atoms. The van der Waals surface area contributed by atoms with Gasteiger partial charge in [0, 0.05) is 23.5 Å². The summed E-state index contributed by atoms with van der Waals surface area (Å²) in [5, 5.41) is 8.70. The predicted octanol–water partition coefficient (Wildman–Crippen LogP) is 4.47. The van der Waals surface area contributed by atoms with E-state index in [2.05, 4.69) is 30.4 Å². The molecule has 1 unspecified atom stereocenters. The minimum Gasteiger partial charge on any atom is -0.384 e. The van der Waals surface area contributed by atoms with Crippen LogP contribution in [0.25, 0.3) is 10.8 Å². The summed E-state index contributed by atoms with van der Waals surface area (Å²) in [4.78, 5) is 11.0. The van der Waals surface area contributed by atoms with Gasteiger partial charge >= 0.3 is 0 Å². The molecule has 1 N–H and O–H groups in total. The average molecular weight is 240 g/mol. The zero-order chi connectivity index (χ0) is 12.7. The number of hydrogen-bond acceptors (Lipinski definition) is 3. The maximum absolute atomic E-state index is 11.0. The molecule has 0 aliphatic carbocycles. The van der Waals surface area contributed by atoms with E-state index in [-0.39, 0.29) is 0 Å². The van der Waals surface area contributed by atoms with Gasteiger partial charge in [0.1, 0.15) is 5.69 Å². The highest BCUT2D eigenvalue weighted by atomic mass is 16.3. The van der Waals surface area contributed by atoms with Gasteiger partial charge in [0.25, 0.3) is 0 Å². The predicted molar refractivity (Wildman–Crippen MR) is 75.7 cm³/mol. The number of nitroso groups, excluding NO2 is 1. The number of fused-ring (bicyclic) bond motifs is 3. The van der Waals surface area contributed by atoms with Gasteiger partial charge in [-0.05, 0) is 35.5 Å². The fraction of sp³-hybridized carbons (Fsp3) is 0.333. The highest BCUT2D eigenvalue weighted by molar-refractivity contribution is 6.00. The van der Waals surface area contributed by atoms with Crippen molar-refractivity contribution < 1.29 is 0 Å². The Labute approximate surface area is 106 Å². The maximum atomic E-state index is 11.0. The van der Waals surface area contributed by atoms with Crippen LogP contribution in [0.3, 0.4) is 0 Å². The van der Waals surface area contributed by atoms with Crippen molar-refractivity contribution in [2.24, 2.45) is 5.18 Å². The molecule has 2 aromatic rings. The Hall–Kier alpha value is -1.90. The molecule has 2 aromatic carbocycles. The first-order valence-corrected chi connectivity index (χ1v) is 6.39. The van der Waals surface area contributed by atoms with Gasteiger partial charge < -0.3 is 5.32 Å². The van der Waals surface area contributed by atoms with Crippen LogP contribution in [0.5, 0.6) is 0 Å². The quantitative estimate of drug-likeness (QED) is 0.787. The highest BCUT2D eigenvalue weighted by Crippen LogP contribution is 2.43. The highest BCUT2D eigenvalue weighted by Gasteiger charge is 2.24. The Morgan fingerprint density at radius 3 is 2.89 bits per heavy atom. The third kappa shape index (κ3) is 1.50. The standard InChI is InChI=1S/C15H16N2O/c1-3-10-8-16-14-7-13(17-18)11-5-4-9(2)6-12(11)15(10)14/h4-7,10,16H,3,8H2,1-2H3. The van der Waals surface area contributed by atoms with E-state index in [0.29, 0.717) is 11.6 Å². The molecule has 0 saturated carbocycles. The Balaban J connectivity index is 2.40. The summed E-state index contributed by atoms with van der Waals surface area (Å²) in [6.07, 6.45) is 1.11. The molecule has 0 amide bonds. The van der Waals surface area contributed by atoms with E-state index in [0.717, 1.165) is 24.0 Å². The van der Waals surface area contributed by atoms with Crippen molar-refractivity contribution >= 4 is 22.1 Å². The molecule has 3 nitrogen and oxygen atoms in total. The van der Waals surface area contributed by atoms with Crippen LogP contribution in [0.4, 0.5) is 11.4 Å². The second-order valence-electron chi connectivity index (χ2n) is 4.98. The van der Waals surface area contributed by atoms with Crippen LogP contribution in [0.1, 0.15) is 30.4 Å². The zero-order valence-electron chi connectivity index (χ0n) is 10.7. The van der Waals surface area contributed by atoms with Crippen LogP contribution in [-0.4, -0.2) is 6.54 Å². The monoisotopic (exact) mass is 240 g/mol. The smallest absolute Gasteiger partial charge is 0.117 e. The van der Waals surface area contributed by atoms with Crippen LogP contribution < -0.4 is 5.32 Å². The van der Waals surface area contributed by atoms with Crippen LogP contribution >= 0.6 is 0 Å². The first kappa shape index (κ1) is 11.2. The van der Waals surface area contributed by atoms with Gasteiger partial charge in [-0.2, -0.15) is 0 Å². The molecular weight excluding hydrogens is 224 g/mol. The van der Waals surface area contributed by atoms with Gasteiger partial charge in [-0.15, -0.1) is 4.91 Å². The first-order valence-electron chi connectivity index (χ1n) is 6.39. The summed E-state index contributed by atoms with van der Waals surface area (Å²) in [6.45, 7) is 5.24. The molecule has 0 saturated heterocycles. The lowest BCUT2D eigenvalue weighted by Crippen LogP contribution is -1.99. The van der Waals surface area contributed by atoms with Crippen LogP contribution in [0.2, 0.25) is 0 Å². The van der Waals surface area contributed by atoms with Gasteiger partial charge in [0.2, 0.25) is 0 Å². The van der Waals surface area contributed by atoms with E-state index in [4.69, 9.17) is 0 Å². The summed E-state index contributed by atoms with van der Waals surface area (Å²) >= 11 is 0. The molecule has 1 heterocycles. The topological polar surface area (TPSA) is 41.5 Å². The molecule has 0 bridgehead atoms. The van der Waals surface area contributed by atoms with Crippen LogP contribution in [0.15, 0.2) is 29.4 Å². The van der Waals surface area contributed by atoms with Crippen molar-refractivity contribution in [1.29, 1.82) is 0 Å². The third-order valence-electron chi connectivity index (χ3n) is 3.85. The van der Waals surface area contributed by atoms with E-state index in [9.17, 15) is 4.91 Å². The Morgan fingerprint density at radius 2 is 2.17 bits per heavy atom. The van der Waals surface area contributed by atoms with Crippen molar-refractivity contribution in [1.82, 2.24) is 0 Å². The number of anilines is 1. The number of rotatable bonds is 2. The van der Waals surface area contributed by atoms with Gasteiger partial charge in [-0.1, -0.05) is 30.7 Å². The number of nitrogens with zero attached hydrogens (tertiary/aromatic N) is 1. The molecule has 1 aliphatic rings. The van der Waals surface area contributed by atoms with Crippen molar-refractivity contribution in [3.8, 4) is 0 Å². The van der Waals surface area contributed by atoms with E-state index >= 15 is 0 Å². The molecule has 1 atom stereocenters. The van der Waals surface area contributed by atoms with Crippen molar-refractivity contribution in [2.45, 2.75) is 26.2 Å². The average Bonchev–Trinajstić information content (AvgIpc) is 2.80. The molecule has 92 valence electrons. The summed E-state index contributed by atoms with van der Waals surface area (Å²) in [6, 6.07) is 8.09. The molecule has 1 aliphatic heterocycles. The molecule has 3 rings (SSSR count). The second-order valence-corrected chi connectivity index (χ2v) is 4.98. The first-order chi connectivity index (χ1) is 8.74. The van der Waals surface area contributed by atoms with Crippen molar-refractivity contribution in [3.05, 3.63) is 40.3 Å². The van der Waals surface area contributed by atoms with Gasteiger partial charge in [0.15, 0.2) is 0 Å². The summed E-state index contributed by atoms with van der Waals surface area (Å²) in [7, 11) is 0. The molecule has 3 heteroatoms. The number of nitrogens with one attached hydrogen (secondary N) is 1. The minimum atomic E-state index is 0.532. The molecule has 0 aromatic heterocycles. The van der Waals surface area contributed by atoms with Crippen molar-refractivity contribution in [2.75, 3.05) is 11.9 Å². The van der Waals surface area contributed by atoms with E-state index in [1.165, 1.54) is 16.5 Å². The fourth-order valence-electron chi connectivity index (χ4n) is 2.89. The van der Waals surface area contributed by atoms with Crippen LogP contribution in [-0.2, 0) is 0 Å². The third-order valence-corrected chi connectivity index (χ3v) is 3.85. The van der Waals surface area contributed by atoms with Crippen molar-refractivity contribution in [3.63, 3.8) is 0 Å². The number of hydrogen-bond donors (Lipinski definition) is 1. The maximum Gasteiger partial charge on any atom is 0.117 e. The molecule has 18 heavy (non-hydrogen) atoms. The Kier molecular flexibility index (Phi) is 2.54. The van der Waals surface area contributed by atoms with Gasteiger partial charge in [-0.3, -0.25) is 0 Å². The molecule has 0 radical (unpaired) electrons. The zero-order valence-corrected chi connectivity index (χ0v) is 10.7. The summed E-state index contributed by atoms with van der Waals surface area (Å²) in [5.41, 5.74) is 4.18. The second kappa shape index (κ2) is 4.09. The normalized spacial score (nSPS) is 17.6. The summed E-state index contributed by atoms with van der Waals surface area (Å²) in [5.74, 6) is 0.532. The fourth-order valence-corrected chi connectivity index (χ4v) is 2.89. The van der Waals surface area contributed by atoms with Gasteiger partial charge in [0.05, 0.1) is 0 Å².